The third-order valence-electron chi connectivity index (χ3n) is 2.92. The lowest BCUT2D eigenvalue weighted by Crippen LogP contribution is -2.31. The lowest BCUT2D eigenvalue weighted by Gasteiger charge is -2.09. The van der Waals surface area contributed by atoms with Gasteiger partial charge in [0.1, 0.15) is 5.82 Å². The highest BCUT2D eigenvalue weighted by Crippen LogP contribution is 2.27. The zero-order valence-corrected chi connectivity index (χ0v) is 9.92. The molecule has 1 saturated carbocycles. The molecule has 0 aliphatic heterocycles. The SMILES string of the molecule is Cc1ccc(F)cc1NCC(=O)NCC1CC1. The molecule has 1 amide bonds. The molecule has 4 heteroatoms. The Balaban J connectivity index is 1.79. The van der Waals surface area contributed by atoms with Crippen LogP contribution in [-0.4, -0.2) is 19.0 Å². The number of benzene rings is 1. The number of nitrogens with one attached hydrogen (secondary N) is 2. The molecular weight excluding hydrogens is 219 g/mol. The second kappa shape index (κ2) is 5.17. The minimum atomic E-state index is -0.295. The van der Waals surface area contributed by atoms with Gasteiger partial charge in [-0.2, -0.15) is 0 Å². The Morgan fingerprint density at radius 2 is 2.24 bits per heavy atom. The summed E-state index contributed by atoms with van der Waals surface area (Å²) in [7, 11) is 0. The van der Waals surface area contributed by atoms with E-state index in [9.17, 15) is 9.18 Å². The van der Waals surface area contributed by atoms with Crippen LogP contribution in [0.5, 0.6) is 0 Å². The molecule has 2 N–H and O–H groups in total. The fourth-order valence-corrected chi connectivity index (χ4v) is 1.60. The predicted molar refractivity (Wildman–Crippen MR) is 65.4 cm³/mol. The highest BCUT2D eigenvalue weighted by molar-refractivity contribution is 5.80. The van der Waals surface area contributed by atoms with Gasteiger partial charge in [0.2, 0.25) is 5.91 Å². The van der Waals surface area contributed by atoms with Crippen LogP contribution >= 0.6 is 0 Å². The minimum absolute atomic E-state index is 0.0411. The molecule has 2 rings (SSSR count). The smallest absolute Gasteiger partial charge is 0.239 e. The zero-order valence-electron chi connectivity index (χ0n) is 9.92. The van der Waals surface area contributed by atoms with Crippen LogP contribution in [-0.2, 0) is 4.79 Å². The summed E-state index contributed by atoms with van der Waals surface area (Å²) in [5, 5.41) is 5.80. The van der Waals surface area contributed by atoms with E-state index < -0.39 is 0 Å². The molecule has 1 aromatic carbocycles. The molecule has 1 aliphatic carbocycles. The van der Waals surface area contributed by atoms with E-state index in [0.717, 1.165) is 12.1 Å². The van der Waals surface area contributed by atoms with Crippen LogP contribution in [0.4, 0.5) is 10.1 Å². The number of anilines is 1. The molecule has 0 unspecified atom stereocenters. The Bertz CT molecular complexity index is 416. The summed E-state index contributed by atoms with van der Waals surface area (Å²) in [5.74, 6) is 0.340. The molecule has 0 atom stereocenters. The molecule has 92 valence electrons. The Morgan fingerprint density at radius 1 is 1.47 bits per heavy atom. The number of aryl methyl sites for hydroxylation is 1. The first-order chi connectivity index (χ1) is 8.15. The van der Waals surface area contributed by atoms with Gasteiger partial charge in [-0.05, 0) is 43.4 Å². The van der Waals surface area contributed by atoms with Crippen LogP contribution in [0, 0.1) is 18.7 Å². The van der Waals surface area contributed by atoms with Gasteiger partial charge in [-0.25, -0.2) is 4.39 Å². The van der Waals surface area contributed by atoms with Gasteiger partial charge >= 0.3 is 0 Å². The topological polar surface area (TPSA) is 41.1 Å². The summed E-state index contributed by atoms with van der Waals surface area (Å²) < 4.78 is 13.0. The second-order valence-electron chi connectivity index (χ2n) is 4.56. The molecular formula is C13H17FN2O. The van der Waals surface area contributed by atoms with Crippen molar-refractivity contribution < 1.29 is 9.18 Å². The van der Waals surface area contributed by atoms with Crippen molar-refractivity contribution in [2.24, 2.45) is 5.92 Å². The maximum atomic E-state index is 13.0. The lowest BCUT2D eigenvalue weighted by atomic mass is 10.2. The highest BCUT2D eigenvalue weighted by Gasteiger charge is 2.21. The average molecular weight is 236 g/mol. The lowest BCUT2D eigenvalue weighted by molar-refractivity contribution is -0.119. The monoisotopic (exact) mass is 236 g/mol. The third-order valence-corrected chi connectivity index (χ3v) is 2.92. The van der Waals surface area contributed by atoms with E-state index in [0.29, 0.717) is 11.6 Å². The standard InChI is InChI=1S/C13H17FN2O/c1-9-2-5-11(14)6-12(9)15-8-13(17)16-7-10-3-4-10/h2,5-6,10,15H,3-4,7-8H2,1H3,(H,16,17). The maximum absolute atomic E-state index is 13.0. The molecule has 1 aromatic rings. The number of hydrogen-bond donors (Lipinski definition) is 2. The van der Waals surface area contributed by atoms with Gasteiger partial charge in [-0.1, -0.05) is 6.07 Å². The van der Waals surface area contributed by atoms with Crippen molar-refractivity contribution in [3.05, 3.63) is 29.6 Å². The van der Waals surface area contributed by atoms with Gasteiger partial charge in [0.05, 0.1) is 6.54 Å². The quantitative estimate of drug-likeness (QED) is 0.821. The van der Waals surface area contributed by atoms with Crippen molar-refractivity contribution in [2.75, 3.05) is 18.4 Å². The van der Waals surface area contributed by atoms with Crippen molar-refractivity contribution >= 4 is 11.6 Å². The number of rotatable bonds is 5. The van der Waals surface area contributed by atoms with E-state index >= 15 is 0 Å². The highest BCUT2D eigenvalue weighted by atomic mass is 19.1. The van der Waals surface area contributed by atoms with Gasteiger partial charge in [0.25, 0.3) is 0 Å². The van der Waals surface area contributed by atoms with Crippen molar-refractivity contribution in [1.29, 1.82) is 0 Å². The minimum Gasteiger partial charge on any atom is -0.376 e. The summed E-state index contributed by atoms with van der Waals surface area (Å²) in [6.45, 7) is 2.84. The molecule has 17 heavy (non-hydrogen) atoms. The van der Waals surface area contributed by atoms with Crippen LogP contribution in [0.15, 0.2) is 18.2 Å². The van der Waals surface area contributed by atoms with Crippen LogP contribution in [0.1, 0.15) is 18.4 Å². The van der Waals surface area contributed by atoms with Gasteiger partial charge < -0.3 is 10.6 Å². The molecule has 0 bridgehead atoms. The van der Waals surface area contributed by atoms with E-state index in [-0.39, 0.29) is 18.3 Å². The molecule has 1 aliphatic rings. The van der Waals surface area contributed by atoms with Gasteiger partial charge in [-0.3, -0.25) is 4.79 Å². The van der Waals surface area contributed by atoms with Gasteiger partial charge in [0, 0.05) is 12.2 Å². The first-order valence-corrected chi connectivity index (χ1v) is 5.92. The molecule has 0 aromatic heterocycles. The normalized spacial score (nSPS) is 14.5. The van der Waals surface area contributed by atoms with E-state index in [1.807, 2.05) is 6.92 Å². The Hall–Kier alpha value is -1.58. The first-order valence-electron chi connectivity index (χ1n) is 5.92. The molecule has 0 heterocycles. The summed E-state index contributed by atoms with van der Waals surface area (Å²) >= 11 is 0. The number of halogens is 1. The van der Waals surface area contributed by atoms with Crippen LogP contribution in [0.25, 0.3) is 0 Å². The molecule has 0 saturated heterocycles. The maximum Gasteiger partial charge on any atom is 0.239 e. The predicted octanol–water partition coefficient (Wildman–Crippen LogP) is 2.07. The Labute approximate surface area is 100 Å². The van der Waals surface area contributed by atoms with Crippen LogP contribution in [0.3, 0.4) is 0 Å². The van der Waals surface area contributed by atoms with Crippen LogP contribution < -0.4 is 10.6 Å². The number of carbonyl (C=O) groups excluding carboxylic acids is 1. The van der Waals surface area contributed by atoms with Crippen molar-refractivity contribution in [3.63, 3.8) is 0 Å². The molecule has 1 fully saturated rings. The molecule has 0 spiro atoms. The van der Waals surface area contributed by atoms with Gasteiger partial charge in [0.15, 0.2) is 0 Å². The van der Waals surface area contributed by atoms with E-state index in [2.05, 4.69) is 10.6 Å². The fraction of sp³-hybridized carbons (Fsp3) is 0.462. The summed E-state index contributed by atoms with van der Waals surface area (Å²) in [6.07, 6.45) is 2.44. The largest absolute Gasteiger partial charge is 0.376 e. The number of carbonyl (C=O) groups is 1. The van der Waals surface area contributed by atoms with Crippen molar-refractivity contribution in [3.8, 4) is 0 Å². The van der Waals surface area contributed by atoms with Crippen molar-refractivity contribution in [2.45, 2.75) is 19.8 Å². The van der Waals surface area contributed by atoms with Crippen molar-refractivity contribution in [1.82, 2.24) is 5.32 Å². The Morgan fingerprint density at radius 3 is 2.94 bits per heavy atom. The fourth-order valence-electron chi connectivity index (χ4n) is 1.60. The number of hydrogen-bond acceptors (Lipinski definition) is 2. The third kappa shape index (κ3) is 3.73. The average Bonchev–Trinajstić information content (AvgIpc) is 3.11. The zero-order chi connectivity index (χ0) is 12.3. The van der Waals surface area contributed by atoms with E-state index in [1.54, 1.807) is 6.07 Å². The van der Waals surface area contributed by atoms with Crippen LogP contribution in [0.2, 0.25) is 0 Å². The summed E-state index contributed by atoms with van der Waals surface area (Å²) in [4.78, 5) is 11.5. The second-order valence-corrected chi connectivity index (χ2v) is 4.56. The van der Waals surface area contributed by atoms with E-state index in [1.165, 1.54) is 25.0 Å². The van der Waals surface area contributed by atoms with E-state index in [4.69, 9.17) is 0 Å². The first kappa shape index (κ1) is 11.9. The molecule has 0 radical (unpaired) electrons. The summed E-state index contributed by atoms with van der Waals surface area (Å²) in [5.41, 5.74) is 1.60. The molecule has 3 nitrogen and oxygen atoms in total. The van der Waals surface area contributed by atoms with Gasteiger partial charge in [-0.15, -0.1) is 0 Å². The number of amides is 1. The Kier molecular flexibility index (Phi) is 3.61. The summed E-state index contributed by atoms with van der Waals surface area (Å²) in [6, 6.07) is 4.51.